The van der Waals surface area contributed by atoms with Crippen LogP contribution in [0.15, 0.2) is 36.5 Å². The van der Waals surface area contributed by atoms with E-state index in [1.54, 1.807) is 6.07 Å². The van der Waals surface area contributed by atoms with Gasteiger partial charge in [0.25, 0.3) is 5.91 Å². The number of halogens is 3. The van der Waals surface area contributed by atoms with Gasteiger partial charge in [-0.15, -0.1) is 0 Å². The van der Waals surface area contributed by atoms with Crippen LogP contribution in [0, 0.1) is 19.8 Å². The number of amides is 1. The molecule has 0 radical (unpaired) electrons. The maximum Gasteiger partial charge on any atom is 0.417 e. The molecular weight excluding hydrogens is 411 g/mol. The first kappa shape index (κ1) is 22.6. The number of anilines is 2. The Morgan fingerprint density at radius 3 is 2.48 bits per heavy atom. The summed E-state index contributed by atoms with van der Waals surface area (Å²) in [7, 11) is 0. The van der Waals surface area contributed by atoms with Gasteiger partial charge in [0.1, 0.15) is 5.82 Å². The highest BCUT2D eigenvalue weighted by Gasteiger charge is 2.31. The molecular formula is C22H24F3N3O3. The number of pyridine rings is 1. The first-order valence-electron chi connectivity index (χ1n) is 9.96. The third kappa shape index (κ3) is 5.74. The molecule has 2 heterocycles. The standard InChI is InChI=1S/C22H24F3N3O3/c1-14-4-3-5-18(15(14)2)27-20(29)13-31-21(30)16-8-10-28(11-9-16)19-7-6-17(12-26-19)22(23,24)25/h3-7,12,16H,8-11,13H2,1-2H3,(H,27,29). The van der Waals surface area contributed by atoms with E-state index in [1.807, 2.05) is 30.9 Å². The summed E-state index contributed by atoms with van der Waals surface area (Å²) in [5, 5.41) is 2.74. The molecule has 0 spiro atoms. The summed E-state index contributed by atoms with van der Waals surface area (Å²) in [6, 6.07) is 7.89. The Bertz CT molecular complexity index is 937. The summed E-state index contributed by atoms with van der Waals surface area (Å²) in [5.74, 6) is -0.781. The lowest BCUT2D eigenvalue weighted by Gasteiger charge is -2.31. The number of hydrogen-bond donors (Lipinski definition) is 1. The van der Waals surface area contributed by atoms with Crippen molar-refractivity contribution in [2.24, 2.45) is 5.92 Å². The molecule has 166 valence electrons. The molecule has 0 unspecified atom stereocenters. The van der Waals surface area contributed by atoms with Crippen molar-refractivity contribution in [2.75, 3.05) is 29.9 Å². The monoisotopic (exact) mass is 435 g/mol. The van der Waals surface area contributed by atoms with Crippen LogP contribution in [-0.2, 0) is 20.5 Å². The molecule has 1 fully saturated rings. The largest absolute Gasteiger partial charge is 0.455 e. The molecule has 9 heteroatoms. The molecule has 31 heavy (non-hydrogen) atoms. The van der Waals surface area contributed by atoms with Crippen molar-refractivity contribution in [3.8, 4) is 0 Å². The average molecular weight is 435 g/mol. The maximum atomic E-state index is 12.7. The van der Waals surface area contributed by atoms with Crippen LogP contribution in [0.1, 0.15) is 29.5 Å². The van der Waals surface area contributed by atoms with Gasteiger partial charge < -0.3 is 15.0 Å². The number of carbonyl (C=O) groups excluding carboxylic acids is 2. The van der Waals surface area contributed by atoms with Crippen LogP contribution in [-0.4, -0.2) is 36.6 Å². The van der Waals surface area contributed by atoms with Gasteiger partial charge in [-0.25, -0.2) is 4.98 Å². The van der Waals surface area contributed by atoms with Crippen LogP contribution >= 0.6 is 0 Å². The summed E-state index contributed by atoms with van der Waals surface area (Å²) in [6.45, 7) is 4.40. The first-order valence-corrected chi connectivity index (χ1v) is 9.96. The first-order chi connectivity index (χ1) is 14.6. The third-order valence-corrected chi connectivity index (χ3v) is 5.45. The average Bonchev–Trinajstić information content (AvgIpc) is 2.75. The zero-order valence-electron chi connectivity index (χ0n) is 17.3. The Hall–Kier alpha value is -3.10. The number of hydrogen-bond acceptors (Lipinski definition) is 5. The molecule has 0 atom stereocenters. The molecule has 0 aliphatic carbocycles. The van der Waals surface area contributed by atoms with Crippen molar-refractivity contribution >= 4 is 23.4 Å². The number of piperidine rings is 1. The Morgan fingerprint density at radius 2 is 1.87 bits per heavy atom. The molecule has 0 bridgehead atoms. The minimum Gasteiger partial charge on any atom is -0.455 e. The summed E-state index contributed by atoms with van der Waals surface area (Å²) in [6.07, 6.45) is -2.67. The van der Waals surface area contributed by atoms with Gasteiger partial charge in [-0.05, 0) is 56.0 Å². The predicted octanol–water partition coefficient (Wildman–Crippen LogP) is 4.12. The van der Waals surface area contributed by atoms with Crippen molar-refractivity contribution in [3.05, 3.63) is 53.2 Å². The maximum absolute atomic E-state index is 12.7. The Morgan fingerprint density at radius 1 is 1.16 bits per heavy atom. The number of rotatable bonds is 5. The topological polar surface area (TPSA) is 71.5 Å². The second-order valence-electron chi connectivity index (χ2n) is 7.57. The molecule has 1 aliphatic heterocycles. The van der Waals surface area contributed by atoms with Crippen LogP contribution in [0.25, 0.3) is 0 Å². The summed E-state index contributed by atoms with van der Waals surface area (Å²) in [5.41, 5.74) is 1.88. The smallest absolute Gasteiger partial charge is 0.417 e. The van der Waals surface area contributed by atoms with Crippen LogP contribution in [0.2, 0.25) is 0 Å². The lowest BCUT2D eigenvalue weighted by Crippen LogP contribution is -2.38. The van der Waals surface area contributed by atoms with Crippen LogP contribution in [0.3, 0.4) is 0 Å². The van der Waals surface area contributed by atoms with E-state index in [2.05, 4.69) is 10.3 Å². The molecule has 1 N–H and O–H groups in total. The minimum absolute atomic E-state index is 0.362. The third-order valence-electron chi connectivity index (χ3n) is 5.45. The van der Waals surface area contributed by atoms with Crippen molar-refractivity contribution < 1.29 is 27.5 Å². The van der Waals surface area contributed by atoms with Crippen LogP contribution < -0.4 is 10.2 Å². The second kappa shape index (κ2) is 9.36. The molecule has 1 aromatic heterocycles. The molecule has 1 aromatic carbocycles. The van der Waals surface area contributed by atoms with Crippen LogP contribution in [0.5, 0.6) is 0 Å². The number of aromatic nitrogens is 1. The number of aryl methyl sites for hydroxylation is 1. The van der Waals surface area contributed by atoms with Gasteiger partial charge in [0.05, 0.1) is 11.5 Å². The zero-order valence-corrected chi connectivity index (χ0v) is 17.3. The van der Waals surface area contributed by atoms with E-state index in [-0.39, 0.29) is 12.5 Å². The molecule has 1 saturated heterocycles. The highest BCUT2D eigenvalue weighted by atomic mass is 19.4. The molecule has 2 aromatic rings. The van der Waals surface area contributed by atoms with E-state index < -0.39 is 23.6 Å². The zero-order chi connectivity index (χ0) is 22.6. The van der Waals surface area contributed by atoms with Crippen LogP contribution in [0.4, 0.5) is 24.7 Å². The number of ether oxygens (including phenoxy) is 1. The lowest BCUT2D eigenvalue weighted by atomic mass is 9.97. The van der Waals surface area contributed by atoms with E-state index in [4.69, 9.17) is 4.74 Å². The van der Waals surface area contributed by atoms with Gasteiger partial charge in [0.2, 0.25) is 0 Å². The van der Waals surface area contributed by atoms with Gasteiger partial charge in [0.15, 0.2) is 6.61 Å². The van der Waals surface area contributed by atoms with E-state index in [0.29, 0.717) is 37.4 Å². The van der Waals surface area contributed by atoms with Gasteiger partial charge in [-0.3, -0.25) is 9.59 Å². The van der Waals surface area contributed by atoms with E-state index in [1.165, 1.54) is 6.07 Å². The number of carbonyl (C=O) groups is 2. The van der Waals surface area contributed by atoms with Gasteiger partial charge in [-0.1, -0.05) is 12.1 Å². The van der Waals surface area contributed by atoms with Crippen molar-refractivity contribution in [2.45, 2.75) is 32.9 Å². The quantitative estimate of drug-likeness (QED) is 0.716. The number of benzene rings is 1. The Balaban J connectivity index is 1.46. The Kier molecular flexibility index (Phi) is 6.82. The number of nitrogens with one attached hydrogen (secondary N) is 1. The lowest BCUT2D eigenvalue weighted by molar-refractivity contribution is -0.152. The predicted molar refractivity (Wildman–Crippen MR) is 110 cm³/mol. The van der Waals surface area contributed by atoms with Gasteiger partial charge in [0, 0.05) is 25.0 Å². The second-order valence-corrected chi connectivity index (χ2v) is 7.57. The minimum atomic E-state index is -4.42. The summed E-state index contributed by atoms with van der Waals surface area (Å²) in [4.78, 5) is 30.1. The fourth-order valence-electron chi connectivity index (χ4n) is 3.41. The van der Waals surface area contributed by atoms with Crippen molar-refractivity contribution in [1.82, 2.24) is 4.98 Å². The molecule has 6 nitrogen and oxygen atoms in total. The van der Waals surface area contributed by atoms with Gasteiger partial charge >= 0.3 is 12.1 Å². The van der Waals surface area contributed by atoms with E-state index in [9.17, 15) is 22.8 Å². The molecule has 1 aliphatic rings. The number of nitrogens with zero attached hydrogens (tertiary/aromatic N) is 2. The highest BCUT2D eigenvalue weighted by Crippen LogP contribution is 2.30. The fraction of sp³-hybridized carbons (Fsp3) is 0.409. The summed E-state index contributed by atoms with van der Waals surface area (Å²) >= 11 is 0. The van der Waals surface area contributed by atoms with Crippen molar-refractivity contribution in [3.63, 3.8) is 0 Å². The molecule has 3 rings (SSSR count). The normalized spacial score (nSPS) is 14.9. The molecule has 0 saturated carbocycles. The SMILES string of the molecule is Cc1cccc(NC(=O)COC(=O)C2CCN(c3ccc(C(F)(F)F)cn3)CC2)c1C. The van der Waals surface area contributed by atoms with Gasteiger partial charge in [-0.2, -0.15) is 13.2 Å². The molecule has 1 amide bonds. The summed E-state index contributed by atoms with van der Waals surface area (Å²) < 4.78 is 43.1. The van der Waals surface area contributed by atoms with E-state index in [0.717, 1.165) is 23.4 Å². The highest BCUT2D eigenvalue weighted by molar-refractivity contribution is 5.93. The Labute approximate surface area is 178 Å². The number of esters is 1. The van der Waals surface area contributed by atoms with E-state index >= 15 is 0 Å². The fourth-order valence-corrected chi connectivity index (χ4v) is 3.41. The number of alkyl halides is 3. The van der Waals surface area contributed by atoms with Crippen molar-refractivity contribution in [1.29, 1.82) is 0 Å².